The largest absolute Gasteiger partial charge is 0.312 e. The average Bonchev–Trinajstić information content (AvgIpc) is 3.43. The molecule has 0 radical (unpaired) electrons. The van der Waals surface area contributed by atoms with E-state index >= 15 is 0 Å². The van der Waals surface area contributed by atoms with Crippen LogP contribution in [0.4, 0.5) is 0 Å². The fourth-order valence-corrected chi connectivity index (χ4v) is 4.99. The Balaban J connectivity index is 1.26. The molecule has 0 aromatic heterocycles. The molecule has 1 saturated heterocycles. The van der Waals surface area contributed by atoms with Gasteiger partial charge in [0.25, 0.3) is 0 Å². The van der Waals surface area contributed by atoms with Crippen molar-refractivity contribution in [3.8, 4) is 0 Å². The summed E-state index contributed by atoms with van der Waals surface area (Å²) < 4.78 is 0. The molecule has 2 unspecified atom stereocenters. The highest BCUT2D eigenvalue weighted by molar-refractivity contribution is 4.89. The van der Waals surface area contributed by atoms with Gasteiger partial charge in [-0.15, -0.1) is 0 Å². The van der Waals surface area contributed by atoms with Crippen molar-refractivity contribution in [2.24, 2.45) is 23.7 Å². The van der Waals surface area contributed by atoms with E-state index in [2.05, 4.69) is 10.2 Å². The normalized spacial score (nSPS) is 34.9. The van der Waals surface area contributed by atoms with Gasteiger partial charge in [-0.3, -0.25) is 0 Å². The summed E-state index contributed by atoms with van der Waals surface area (Å²) in [5.41, 5.74) is 0. The third kappa shape index (κ3) is 4.71. The molecule has 4 rings (SSSR count). The van der Waals surface area contributed by atoms with Crippen LogP contribution in [0.25, 0.3) is 0 Å². The zero-order valence-electron chi connectivity index (χ0n) is 14.4. The second-order valence-electron chi connectivity index (χ2n) is 9.05. The molecule has 2 heteroatoms. The first-order valence-corrected chi connectivity index (χ1v) is 10.3. The molecule has 0 amide bonds. The maximum Gasteiger partial charge on any atom is 0.0198 e. The van der Waals surface area contributed by atoms with Crippen LogP contribution in [-0.2, 0) is 0 Å². The van der Waals surface area contributed by atoms with Crippen LogP contribution in [0, 0.1) is 23.7 Å². The topological polar surface area (TPSA) is 15.3 Å². The molecule has 1 aliphatic heterocycles. The lowest BCUT2D eigenvalue weighted by atomic mass is 9.87. The van der Waals surface area contributed by atoms with Gasteiger partial charge in [-0.05, 0) is 68.7 Å². The minimum absolute atomic E-state index is 0.790. The first kappa shape index (κ1) is 15.4. The van der Waals surface area contributed by atoms with Gasteiger partial charge in [-0.1, -0.05) is 32.1 Å². The van der Waals surface area contributed by atoms with Gasteiger partial charge in [-0.2, -0.15) is 0 Å². The standard InChI is InChI=1S/C20H36N2/c1-2-4-17(5-3-1)12-21-20-11-19(10-16-6-7-16)14-22(15-20)13-18-8-9-18/h16-21H,1-15H2. The number of rotatable bonds is 7. The van der Waals surface area contributed by atoms with Crippen molar-refractivity contribution in [2.45, 2.75) is 76.7 Å². The molecule has 0 aromatic rings. The second-order valence-corrected chi connectivity index (χ2v) is 9.05. The molecule has 126 valence electrons. The van der Waals surface area contributed by atoms with E-state index in [-0.39, 0.29) is 0 Å². The van der Waals surface area contributed by atoms with Crippen LogP contribution < -0.4 is 5.32 Å². The van der Waals surface area contributed by atoms with Crippen LogP contribution in [0.3, 0.4) is 0 Å². The lowest BCUT2D eigenvalue weighted by molar-refractivity contribution is 0.124. The van der Waals surface area contributed by atoms with Crippen molar-refractivity contribution in [1.82, 2.24) is 10.2 Å². The first-order chi connectivity index (χ1) is 10.8. The van der Waals surface area contributed by atoms with Crippen LogP contribution in [0.2, 0.25) is 0 Å². The van der Waals surface area contributed by atoms with E-state index in [1.54, 1.807) is 0 Å². The van der Waals surface area contributed by atoms with Gasteiger partial charge in [-0.25, -0.2) is 0 Å². The first-order valence-electron chi connectivity index (χ1n) is 10.3. The summed E-state index contributed by atoms with van der Waals surface area (Å²) in [6.45, 7) is 5.46. The lowest BCUT2D eigenvalue weighted by Crippen LogP contribution is -2.50. The number of hydrogen-bond acceptors (Lipinski definition) is 2. The molecule has 22 heavy (non-hydrogen) atoms. The minimum atomic E-state index is 0.790. The Hall–Kier alpha value is -0.0800. The lowest BCUT2D eigenvalue weighted by Gasteiger charge is -2.39. The number of nitrogens with zero attached hydrogens (tertiary/aromatic N) is 1. The average molecular weight is 305 g/mol. The molecule has 1 N–H and O–H groups in total. The fraction of sp³-hybridized carbons (Fsp3) is 1.00. The summed E-state index contributed by atoms with van der Waals surface area (Å²) in [6, 6.07) is 0.790. The van der Waals surface area contributed by atoms with Gasteiger partial charge in [0.05, 0.1) is 0 Å². The Labute approximate surface area is 137 Å². The zero-order valence-corrected chi connectivity index (χ0v) is 14.4. The predicted octanol–water partition coefficient (Wildman–Crippen LogP) is 4.06. The Kier molecular flexibility index (Phi) is 5.07. The molecular weight excluding hydrogens is 268 g/mol. The van der Waals surface area contributed by atoms with Crippen LogP contribution in [0.1, 0.15) is 70.6 Å². The van der Waals surface area contributed by atoms with Gasteiger partial charge < -0.3 is 10.2 Å². The van der Waals surface area contributed by atoms with Crippen molar-refractivity contribution in [3.63, 3.8) is 0 Å². The smallest absolute Gasteiger partial charge is 0.0198 e. The monoisotopic (exact) mass is 304 g/mol. The minimum Gasteiger partial charge on any atom is -0.312 e. The highest BCUT2D eigenvalue weighted by Crippen LogP contribution is 2.38. The Morgan fingerprint density at radius 1 is 0.727 bits per heavy atom. The Bertz CT molecular complexity index is 320. The molecule has 3 aliphatic carbocycles. The molecule has 0 spiro atoms. The Morgan fingerprint density at radius 3 is 2.23 bits per heavy atom. The summed E-state index contributed by atoms with van der Waals surface area (Å²) >= 11 is 0. The Morgan fingerprint density at radius 2 is 1.50 bits per heavy atom. The van der Waals surface area contributed by atoms with E-state index < -0.39 is 0 Å². The molecule has 1 heterocycles. The SMILES string of the molecule is C1CCC(CNC2CC(CC3CC3)CN(CC3CC3)C2)CC1. The number of piperidine rings is 1. The summed E-state index contributed by atoms with van der Waals surface area (Å²) in [5, 5.41) is 4.00. The zero-order chi connectivity index (χ0) is 14.8. The maximum absolute atomic E-state index is 4.00. The van der Waals surface area contributed by atoms with Crippen LogP contribution in [0.5, 0.6) is 0 Å². The third-order valence-electron chi connectivity index (χ3n) is 6.61. The van der Waals surface area contributed by atoms with Crippen molar-refractivity contribution in [2.75, 3.05) is 26.2 Å². The fourth-order valence-electron chi connectivity index (χ4n) is 4.99. The molecule has 4 aliphatic rings. The number of hydrogen-bond donors (Lipinski definition) is 1. The molecule has 4 fully saturated rings. The molecular formula is C20H36N2. The third-order valence-corrected chi connectivity index (χ3v) is 6.61. The van der Waals surface area contributed by atoms with E-state index in [1.807, 2.05) is 0 Å². The summed E-state index contributed by atoms with van der Waals surface area (Å²) in [7, 11) is 0. The van der Waals surface area contributed by atoms with Gasteiger partial charge in [0.1, 0.15) is 0 Å². The second kappa shape index (κ2) is 7.21. The van der Waals surface area contributed by atoms with E-state index in [1.165, 1.54) is 96.8 Å². The van der Waals surface area contributed by atoms with Crippen LogP contribution in [-0.4, -0.2) is 37.1 Å². The van der Waals surface area contributed by atoms with Crippen molar-refractivity contribution >= 4 is 0 Å². The van der Waals surface area contributed by atoms with Crippen molar-refractivity contribution in [1.29, 1.82) is 0 Å². The van der Waals surface area contributed by atoms with E-state index in [0.29, 0.717) is 0 Å². The highest BCUT2D eigenvalue weighted by Gasteiger charge is 2.34. The van der Waals surface area contributed by atoms with Gasteiger partial charge in [0.15, 0.2) is 0 Å². The molecule has 0 aromatic carbocycles. The maximum atomic E-state index is 4.00. The van der Waals surface area contributed by atoms with E-state index in [0.717, 1.165) is 29.7 Å². The number of nitrogens with one attached hydrogen (secondary N) is 1. The van der Waals surface area contributed by atoms with Crippen LogP contribution >= 0.6 is 0 Å². The van der Waals surface area contributed by atoms with Crippen molar-refractivity contribution < 1.29 is 0 Å². The quantitative estimate of drug-likeness (QED) is 0.763. The van der Waals surface area contributed by atoms with Gasteiger partial charge in [0, 0.05) is 25.7 Å². The molecule has 2 atom stereocenters. The summed E-state index contributed by atoms with van der Waals surface area (Å²) in [4.78, 5) is 2.83. The summed E-state index contributed by atoms with van der Waals surface area (Å²) in [5.74, 6) is 4.13. The molecule has 3 saturated carbocycles. The predicted molar refractivity (Wildman–Crippen MR) is 93.0 cm³/mol. The summed E-state index contributed by atoms with van der Waals surface area (Å²) in [6.07, 6.45) is 16.5. The van der Waals surface area contributed by atoms with E-state index in [4.69, 9.17) is 0 Å². The number of likely N-dealkylation sites (tertiary alicyclic amines) is 1. The molecule has 2 nitrogen and oxygen atoms in total. The van der Waals surface area contributed by atoms with Gasteiger partial charge in [0.2, 0.25) is 0 Å². The van der Waals surface area contributed by atoms with Gasteiger partial charge >= 0.3 is 0 Å². The van der Waals surface area contributed by atoms with E-state index in [9.17, 15) is 0 Å². The van der Waals surface area contributed by atoms with Crippen molar-refractivity contribution in [3.05, 3.63) is 0 Å². The van der Waals surface area contributed by atoms with Crippen LogP contribution in [0.15, 0.2) is 0 Å². The molecule has 0 bridgehead atoms. The highest BCUT2D eigenvalue weighted by atomic mass is 15.2.